The van der Waals surface area contributed by atoms with Gasteiger partial charge in [-0.3, -0.25) is 4.72 Å². The van der Waals surface area contributed by atoms with Crippen molar-refractivity contribution in [3.8, 4) is 11.4 Å². The second-order valence-electron chi connectivity index (χ2n) is 5.44. The molecule has 0 aliphatic carbocycles. The molecule has 0 radical (unpaired) electrons. The van der Waals surface area contributed by atoms with E-state index in [1.165, 1.54) is 55.6 Å². The van der Waals surface area contributed by atoms with E-state index < -0.39 is 21.9 Å². The summed E-state index contributed by atoms with van der Waals surface area (Å²) in [6.45, 7) is 0. The van der Waals surface area contributed by atoms with Gasteiger partial charge in [0.2, 0.25) is 0 Å². The number of benzene rings is 2. The van der Waals surface area contributed by atoms with Crippen LogP contribution in [-0.2, 0) is 16.2 Å². The number of nitrogens with one attached hydrogen (secondary N) is 1. The number of nitrogens with zero attached hydrogens (tertiary/aromatic N) is 2. The van der Waals surface area contributed by atoms with Crippen molar-refractivity contribution in [1.29, 1.82) is 0 Å². The lowest BCUT2D eigenvalue weighted by atomic mass is 10.3. The van der Waals surface area contributed by atoms with Crippen LogP contribution in [0.5, 0.6) is 5.75 Å². The van der Waals surface area contributed by atoms with Gasteiger partial charge in [-0.1, -0.05) is 18.2 Å². The molecule has 3 rings (SSSR count). The zero-order chi connectivity index (χ0) is 19.7. The number of aromatic nitrogens is 2. The van der Waals surface area contributed by atoms with Crippen LogP contribution >= 0.6 is 0 Å². The average Bonchev–Trinajstić information content (AvgIpc) is 3.06. The third-order valence-corrected chi connectivity index (χ3v) is 4.98. The van der Waals surface area contributed by atoms with Gasteiger partial charge in [-0.05, 0) is 36.4 Å². The zero-order valence-electron chi connectivity index (χ0n) is 13.9. The molecule has 0 fully saturated rings. The van der Waals surface area contributed by atoms with E-state index >= 15 is 0 Å². The summed E-state index contributed by atoms with van der Waals surface area (Å²) in [4.78, 5) is -0.0824. The second kappa shape index (κ2) is 6.95. The van der Waals surface area contributed by atoms with Crippen LogP contribution in [0.2, 0.25) is 0 Å². The Morgan fingerprint density at radius 2 is 1.67 bits per heavy atom. The molecule has 2 aromatic carbocycles. The van der Waals surface area contributed by atoms with Crippen LogP contribution in [0.15, 0.2) is 65.6 Å². The standard InChI is InChI=1S/C17H14F3N3O3S/c1-26-13-9-7-12(8-10-13)23-16(11-15(21-23)17(18,19)20)22-27(24,25)14-5-3-2-4-6-14/h2-11,22H,1H3. The fourth-order valence-corrected chi connectivity index (χ4v) is 3.36. The highest BCUT2D eigenvalue weighted by molar-refractivity contribution is 7.92. The van der Waals surface area contributed by atoms with Gasteiger partial charge in [0.1, 0.15) is 11.6 Å². The molecule has 1 aromatic heterocycles. The van der Waals surface area contributed by atoms with Gasteiger partial charge in [0.25, 0.3) is 10.0 Å². The van der Waals surface area contributed by atoms with Crippen molar-refractivity contribution in [3.63, 3.8) is 0 Å². The van der Waals surface area contributed by atoms with Crippen LogP contribution in [0, 0.1) is 0 Å². The minimum Gasteiger partial charge on any atom is -0.497 e. The molecule has 0 spiro atoms. The quantitative estimate of drug-likeness (QED) is 0.713. The van der Waals surface area contributed by atoms with Gasteiger partial charge in [0, 0.05) is 6.07 Å². The van der Waals surface area contributed by atoms with Crippen LogP contribution in [0.3, 0.4) is 0 Å². The van der Waals surface area contributed by atoms with Crippen molar-refractivity contribution in [2.45, 2.75) is 11.1 Å². The van der Waals surface area contributed by atoms with Gasteiger partial charge in [0.05, 0.1) is 17.7 Å². The molecule has 1 heterocycles. The first kappa shape index (κ1) is 18.8. The summed E-state index contributed by atoms with van der Waals surface area (Å²) >= 11 is 0. The maximum atomic E-state index is 13.1. The minimum atomic E-state index is -4.73. The summed E-state index contributed by atoms with van der Waals surface area (Å²) in [5, 5.41) is 3.51. The average molecular weight is 397 g/mol. The Labute approximate surface area is 153 Å². The van der Waals surface area contributed by atoms with E-state index in [4.69, 9.17) is 4.74 Å². The highest BCUT2D eigenvalue weighted by atomic mass is 32.2. The van der Waals surface area contributed by atoms with Crippen molar-refractivity contribution in [3.05, 3.63) is 66.4 Å². The molecule has 0 saturated carbocycles. The molecule has 27 heavy (non-hydrogen) atoms. The van der Waals surface area contributed by atoms with Crippen molar-refractivity contribution >= 4 is 15.8 Å². The molecule has 1 N–H and O–H groups in total. The molecule has 0 aliphatic rings. The summed E-state index contributed by atoms with van der Waals surface area (Å²) in [6.07, 6.45) is -4.73. The third kappa shape index (κ3) is 4.05. The Morgan fingerprint density at radius 3 is 2.22 bits per heavy atom. The molecule has 142 valence electrons. The van der Waals surface area contributed by atoms with E-state index in [1.54, 1.807) is 6.07 Å². The normalized spacial score (nSPS) is 12.0. The van der Waals surface area contributed by atoms with Crippen molar-refractivity contribution < 1.29 is 26.3 Å². The van der Waals surface area contributed by atoms with E-state index in [0.717, 1.165) is 4.68 Å². The Bertz CT molecular complexity index is 1030. The summed E-state index contributed by atoms with van der Waals surface area (Å²) in [5.41, 5.74) is -0.985. The second-order valence-corrected chi connectivity index (χ2v) is 7.12. The van der Waals surface area contributed by atoms with E-state index in [1.807, 2.05) is 0 Å². The number of rotatable bonds is 5. The topological polar surface area (TPSA) is 73.2 Å². The van der Waals surface area contributed by atoms with Gasteiger partial charge in [0.15, 0.2) is 5.69 Å². The minimum absolute atomic E-state index is 0.0824. The van der Waals surface area contributed by atoms with E-state index in [9.17, 15) is 21.6 Å². The van der Waals surface area contributed by atoms with E-state index in [0.29, 0.717) is 11.8 Å². The molecular formula is C17H14F3N3O3S. The van der Waals surface area contributed by atoms with Gasteiger partial charge >= 0.3 is 6.18 Å². The van der Waals surface area contributed by atoms with Gasteiger partial charge in [-0.2, -0.15) is 18.3 Å². The maximum Gasteiger partial charge on any atom is 0.435 e. The predicted molar refractivity (Wildman–Crippen MR) is 92.4 cm³/mol. The van der Waals surface area contributed by atoms with Crippen LogP contribution in [0.4, 0.5) is 19.0 Å². The van der Waals surface area contributed by atoms with Crippen LogP contribution in [0.1, 0.15) is 5.69 Å². The number of methoxy groups -OCH3 is 1. The smallest absolute Gasteiger partial charge is 0.435 e. The Kier molecular flexibility index (Phi) is 4.83. The number of sulfonamides is 1. The monoisotopic (exact) mass is 397 g/mol. The first-order chi connectivity index (χ1) is 12.7. The number of halogens is 3. The largest absolute Gasteiger partial charge is 0.497 e. The zero-order valence-corrected chi connectivity index (χ0v) is 14.8. The molecule has 0 bridgehead atoms. The lowest BCUT2D eigenvalue weighted by Gasteiger charge is -2.11. The van der Waals surface area contributed by atoms with Gasteiger partial charge < -0.3 is 4.74 Å². The molecule has 0 unspecified atom stereocenters. The Morgan fingerprint density at radius 1 is 1.04 bits per heavy atom. The summed E-state index contributed by atoms with van der Waals surface area (Å²) in [7, 11) is -2.64. The molecule has 0 atom stereocenters. The molecule has 0 amide bonds. The molecule has 0 aliphatic heterocycles. The summed E-state index contributed by atoms with van der Waals surface area (Å²) < 4.78 is 72.3. The third-order valence-electron chi connectivity index (χ3n) is 3.61. The van der Waals surface area contributed by atoms with Crippen molar-refractivity contribution in [2.24, 2.45) is 0 Å². The molecule has 3 aromatic rings. The molecule has 6 nitrogen and oxygen atoms in total. The highest BCUT2D eigenvalue weighted by Crippen LogP contribution is 2.32. The lowest BCUT2D eigenvalue weighted by molar-refractivity contribution is -0.141. The Balaban J connectivity index is 2.06. The highest BCUT2D eigenvalue weighted by Gasteiger charge is 2.35. The predicted octanol–water partition coefficient (Wildman–Crippen LogP) is 3.70. The van der Waals surface area contributed by atoms with Crippen LogP contribution in [-0.4, -0.2) is 25.3 Å². The maximum absolute atomic E-state index is 13.1. The van der Waals surface area contributed by atoms with Crippen LogP contribution < -0.4 is 9.46 Å². The van der Waals surface area contributed by atoms with Crippen molar-refractivity contribution in [1.82, 2.24) is 9.78 Å². The summed E-state index contributed by atoms with van der Waals surface area (Å²) in [6, 6.07) is 13.9. The van der Waals surface area contributed by atoms with Gasteiger partial charge in [-0.15, -0.1) is 0 Å². The fraction of sp³-hybridized carbons (Fsp3) is 0.118. The first-order valence-corrected chi connectivity index (χ1v) is 9.08. The molecule has 10 heteroatoms. The summed E-state index contributed by atoms with van der Waals surface area (Å²) in [5.74, 6) is 0.157. The van der Waals surface area contributed by atoms with E-state index in [-0.39, 0.29) is 16.4 Å². The number of hydrogen-bond acceptors (Lipinski definition) is 4. The van der Waals surface area contributed by atoms with Gasteiger partial charge in [-0.25, -0.2) is 13.1 Å². The lowest BCUT2D eigenvalue weighted by Crippen LogP contribution is -2.15. The van der Waals surface area contributed by atoms with Crippen LogP contribution in [0.25, 0.3) is 5.69 Å². The van der Waals surface area contributed by atoms with Crippen molar-refractivity contribution in [2.75, 3.05) is 11.8 Å². The number of alkyl halides is 3. The number of anilines is 1. The number of ether oxygens (including phenoxy) is 1. The Hall–Kier alpha value is -3.01. The molecule has 0 saturated heterocycles. The van der Waals surface area contributed by atoms with E-state index in [2.05, 4.69) is 9.82 Å². The SMILES string of the molecule is COc1ccc(-n2nc(C(F)(F)F)cc2NS(=O)(=O)c2ccccc2)cc1. The first-order valence-electron chi connectivity index (χ1n) is 7.60. The molecular weight excluding hydrogens is 383 g/mol. The number of hydrogen-bond donors (Lipinski definition) is 1. The fourth-order valence-electron chi connectivity index (χ4n) is 2.31.